The molecule has 1 unspecified atom stereocenters. The number of nitrogens with two attached hydrogens (primary N) is 1. The number of aryl methyl sites for hydroxylation is 1. The summed E-state index contributed by atoms with van der Waals surface area (Å²) in [6.07, 6.45) is 4.20. The normalized spacial score (nSPS) is 17.0. The van der Waals surface area contributed by atoms with Crippen molar-refractivity contribution in [2.24, 2.45) is 0 Å². The average molecular weight is 370 g/mol. The number of hydrogen-bond acceptors (Lipinski definition) is 7. The third-order valence-corrected chi connectivity index (χ3v) is 4.76. The zero-order valence-electron chi connectivity index (χ0n) is 15.4. The summed E-state index contributed by atoms with van der Waals surface area (Å²) in [5, 5.41) is 0.775. The van der Waals surface area contributed by atoms with Crippen LogP contribution in [-0.2, 0) is 16.2 Å². The molecule has 0 radical (unpaired) electrons. The van der Waals surface area contributed by atoms with Crippen LogP contribution in [0.15, 0.2) is 23.3 Å². The number of imidazole rings is 1. The van der Waals surface area contributed by atoms with Gasteiger partial charge in [0.25, 0.3) is 5.56 Å². The maximum atomic E-state index is 13.4. The predicted octanol–water partition coefficient (Wildman–Crippen LogP) is 1.50. The van der Waals surface area contributed by atoms with Crippen LogP contribution in [0.5, 0.6) is 0 Å². The Labute approximate surface area is 155 Å². The molecule has 2 N–H and O–H groups in total. The molecule has 0 amide bonds. The fraction of sp³-hybridized carbons (Fsp3) is 0.444. The summed E-state index contributed by atoms with van der Waals surface area (Å²) in [6.45, 7) is 5.76. The number of nitrogens with zero attached hydrogens (tertiary/aromatic N) is 5. The van der Waals surface area contributed by atoms with Gasteiger partial charge in [0.1, 0.15) is 18.2 Å². The van der Waals surface area contributed by atoms with E-state index in [9.17, 15) is 4.79 Å². The first-order valence-corrected chi connectivity index (χ1v) is 8.96. The van der Waals surface area contributed by atoms with E-state index in [2.05, 4.69) is 15.0 Å². The molecule has 0 spiro atoms. The molecule has 9 heteroatoms. The Kier molecular flexibility index (Phi) is 4.63. The first-order chi connectivity index (χ1) is 13.1. The topological polar surface area (TPSA) is 110 Å². The van der Waals surface area contributed by atoms with Gasteiger partial charge in [-0.15, -0.1) is 0 Å². The molecule has 9 nitrogen and oxygen atoms in total. The lowest BCUT2D eigenvalue weighted by Crippen LogP contribution is -2.28. The molecule has 4 rings (SSSR count). The van der Waals surface area contributed by atoms with Gasteiger partial charge in [0.15, 0.2) is 0 Å². The summed E-state index contributed by atoms with van der Waals surface area (Å²) in [5.74, 6) is 0.705. The highest BCUT2D eigenvalue weighted by Crippen LogP contribution is 2.26. The molecule has 1 saturated heterocycles. The number of nitrogen functional groups attached to an aromatic ring is 1. The van der Waals surface area contributed by atoms with Gasteiger partial charge in [-0.25, -0.2) is 9.97 Å². The van der Waals surface area contributed by atoms with E-state index in [1.807, 2.05) is 18.4 Å². The smallest absolute Gasteiger partial charge is 0.263 e. The SMILES string of the molecule is CCOCn1ccnc1-c1cc2c(C)nc(N)nc2n(C2CCOC2)c1=O. The number of fused-ring (bicyclic) bond motifs is 1. The van der Waals surface area contributed by atoms with Crippen LogP contribution in [0.3, 0.4) is 0 Å². The molecule has 1 fully saturated rings. The van der Waals surface area contributed by atoms with Crippen molar-refractivity contribution in [2.45, 2.75) is 33.0 Å². The molecule has 3 aromatic rings. The Morgan fingerprint density at radius 3 is 3.00 bits per heavy atom. The molecule has 27 heavy (non-hydrogen) atoms. The van der Waals surface area contributed by atoms with Gasteiger partial charge in [0.2, 0.25) is 5.95 Å². The summed E-state index contributed by atoms with van der Waals surface area (Å²) >= 11 is 0. The summed E-state index contributed by atoms with van der Waals surface area (Å²) in [4.78, 5) is 26.4. The van der Waals surface area contributed by atoms with E-state index in [0.717, 1.165) is 11.8 Å². The first-order valence-electron chi connectivity index (χ1n) is 8.96. The molecule has 1 aliphatic rings. The van der Waals surface area contributed by atoms with Crippen LogP contribution in [0.1, 0.15) is 25.1 Å². The molecule has 0 bridgehead atoms. The molecule has 1 atom stereocenters. The van der Waals surface area contributed by atoms with Crippen LogP contribution >= 0.6 is 0 Å². The minimum absolute atomic E-state index is 0.0936. The van der Waals surface area contributed by atoms with Crippen LogP contribution in [0.4, 0.5) is 5.95 Å². The second-order valence-corrected chi connectivity index (χ2v) is 6.50. The Balaban J connectivity index is 1.98. The first kappa shape index (κ1) is 17.6. The minimum Gasteiger partial charge on any atom is -0.379 e. The van der Waals surface area contributed by atoms with Gasteiger partial charge in [0, 0.05) is 31.0 Å². The second-order valence-electron chi connectivity index (χ2n) is 6.50. The zero-order chi connectivity index (χ0) is 19.0. The Bertz CT molecular complexity index is 1040. The molecule has 0 aliphatic carbocycles. The second kappa shape index (κ2) is 7.09. The largest absolute Gasteiger partial charge is 0.379 e. The number of hydrogen-bond donors (Lipinski definition) is 1. The van der Waals surface area contributed by atoms with Crippen molar-refractivity contribution in [2.75, 3.05) is 25.6 Å². The van der Waals surface area contributed by atoms with Crippen LogP contribution in [0.25, 0.3) is 22.4 Å². The minimum atomic E-state index is -0.167. The van der Waals surface area contributed by atoms with Crippen LogP contribution in [-0.4, -0.2) is 43.9 Å². The van der Waals surface area contributed by atoms with Crippen molar-refractivity contribution in [3.63, 3.8) is 0 Å². The van der Waals surface area contributed by atoms with Gasteiger partial charge in [-0.1, -0.05) is 0 Å². The maximum Gasteiger partial charge on any atom is 0.263 e. The number of rotatable bonds is 5. The molecule has 0 aromatic carbocycles. The highest BCUT2D eigenvalue weighted by Gasteiger charge is 2.25. The molecule has 3 aromatic heterocycles. The van der Waals surface area contributed by atoms with Crippen molar-refractivity contribution >= 4 is 17.0 Å². The molecule has 142 valence electrons. The van der Waals surface area contributed by atoms with Gasteiger partial charge >= 0.3 is 0 Å². The Morgan fingerprint density at radius 2 is 2.26 bits per heavy atom. The highest BCUT2D eigenvalue weighted by atomic mass is 16.5. The Morgan fingerprint density at radius 1 is 1.41 bits per heavy atom. The quantitative estimate of drug-likeness (QED) is 0.724. The van der Waals surface area contributed by atoms with Gasteiger partial charge < -0.3 is 19.8 Å². The molecule has 4 heterocycles. The summed E-state index contributed by atoms with van der Waals surface area (Å²) in [7, 11) is 0. The van der Waals surface area contributed by atoms with Crippen molar-refractivity contribution in [3.8, 4) is 11.4 Å². The predicted molar refractivity (Wildman–Crippen MR) is 100 cm³/mol. The highest BCUT2D eigenvalue weighted by molar-refractivity contribution is 5.83. The third-order valence-electron chi connectivity index (χ3n) is 4.76. The monoisotopic (exact) mass is 370 g/mol. The lowest BCUT2D eigenvalue weighted by atomic mass is 10.1. The molecule has 0 saturated carbocycles. The van der Waals surface area contributed by atoms with Gasteiger partial charge in [0.05, 0.1) is 23.9 Å². The maximum absolute atomic E-state index is 13.4. The van der Waals surface area contributed by atoms with Crippen LogP contribution in [0.2, 0.25) is 0 Å². The van der Waals surface area contributed by atoms with Crippen LogP contribution < -0.4 is 11.3 Å². The summed E-state index contributed by atoms with van der Waals surface area (Å²) in [6, 6.07) is 1.70. The summed E-state index contributed by atoms with van der Waals surface area (Å²) in [5.41, 5.74) is 7.42. The average Bonchev–Trinajstić information content (AvgIpc) is 3.31. The lowest BCUT2D eigenvalue weighted by Gasteiger charge is -2.18. The van der Waals surface area contributed by atoms with Gasteiger partial charge in [-0.05, 0) is 26.3 Å². The molecule has 1 aliphatic heterocycles. The van der Waals surface area contributed by atoms with E-state index in [4.69, 9.17) is 15.2 Å². The number of anilines is 1. The van der Waals surface area contributed by atoms with Crippen LogP contribution in [0, 0.1) is 6.92 Å². The van der Waals surface area contributed by atoms with E-state index in [0.29, 0.717) is 49.3 Å². The molecular formula is C18H22N6O3. The van der Waals surface area contributed by atoms with E-state index < -0.39 is 0 Å². The van der Waals surface area contributed by atoms with E-state index in [1.54, 1.807) is 23.0 Å². The fourth-order valence-electron chi connectivity index (χ4n) is 3.44. The third kappa shape index (κ3) is 3.08. The Hall–Kier alpha value is -2.78. The number of aromatic nitrogens is 5. The van der Waals surface area contributed by atoms with Crippen molar-refractivity contribution in [1.82, 2.24) is 24.1 Å². The molecular weight excluding hydrogens is 348 g/mol. The van der Waals surface area contributed by atoms with Gasteiger partial charge in [-0.3, -0.25) is 9.36 Å². The van der Waals surface area contributed by atoms with Crippen molar-refractivity contribution in [3.05, 3.63) is 34.5 Å². The van der Waals surface area contributed by atoms with E-state index >= 15 is 0 Å². The summed E-state index contributed by atoms with van der Waals surface area (Å²) < 4.78 is 14.5. The van der Waals surface area contributed by atoms with E-state index in [-0.39, 0.29) is 17.5 Å². The van der Waals surface area contributed by atoms with E-state index in [1.165, 1.54) is 0 Å². The van der Waals surface area contributed by atoms with Crippen molar-refractivity contribution < 1.29 is 9.47 Å². The number of ether oxygens (including phenoxy) is 2. The lowest BCUT2D eigenvalue weighted by molar-refractivity contribution is 0.0889. The van der Waals surface area contributed by atoms with Crippen molar-refractivity contribution in [1.29, 1.82) is 0 Å². The van der Waals surface area contributed by atoms with Gasteiger partial charge in [-0.2, -0.15) is 4.98 Å². The fourth-order valence-corrected chi connectivity index (χ4v) is 3.44. The standard InChI is InChI=1S/C18H22N6O3/c1-3-26-10-23-6-5-20-15(23)14-8-13-11(2)21-18(19)22-16(13)24(17(14)25)12-4-7-27-9-12/h5-6,8,12H,3-4,7,9-10H2,1-2H3,(H2,19,21,22). The zero-order valence-corrected chi connectivity index (χ0v) is 15.4. The number of pyridine rings is 1.